The van der Waals surface area contributed by atoms with Crippen molar-refractivity contribution in [1.82, 2.24) is 20.1 Å². The molecule has 212 valence electrons. The molecule has 0 saturated carbocycles. The van der Waals surface area contributed by atoms with Gasteiger partial charge in [0.1, 0.15) is 11.9 Å². The lowest BCUT2D eigenvalue weighted by Gasteiger charge is -2.32. The first-order valence-corrected chi connectivity index (χ1v) is 13.3. The van der Waals surface area contributed by atoms with Crippen LogP contribution in [0.25, 0.3) is 11.6 Å². The van der Waals surface area contributed by atoms with E-state index in [0.29, 0.717) is 86.4 Å². The number of H-pyrrole nitrogens is 1. The number of fused-ring (bicyclic) bond motifs is 1. The van der Waals surface area contributed by atoms with E-state index < -0.39 is 17.8 Å². The van der Waals surface area contributed by atoms with Gasteiger partial charge in [-0.15, -0.1) is 0 Å². The minimum atomic E-state index is -1.06. The zero-order valence-electron chi connectivity index (χ0n) is 22.5. The fraction of sp³-hybridized carbons (Fsp3) is 0.429. The van der Waals surface area contributed by atoms with Crippen molar-refractivity contribution in [3.63, 3.8) is 0 Å². The largest absolute Gasteiger partial charge is 0.378 e. The molecule has 2 aromatic rings. The number of nitrogens with zero attached hydrogens (tertiary/aromatic N) is 2. The van der Waals surface area contributed by atoms with Crippen LogP contribution < -0.4 is 10.6 Å². The molecule has 4 amide bonds. The highest BCUT2D eigenvalue weighted by Gasteiger charge is 2.33. The molecule has 11 nitrogen and oxygen atoms in total. The highest BCUT2D eigenvalue weighted by molar-refractivity contribution is 6.35. The Hall–Kier alpha value is -4.03. The molecule has 12 heteroatoms. The van der Waals surface area contributed by atoms with Crippen LogP contribution in [0.3, 0.4) is 0 Å². The summed E-state index contributed by atoms with van der Waals surface area (Å²) in [7, 11) is 0. The van der Waals surface area contributed by atoms with Gasteiger partial charge in [0, 0.05) is 48.8 Å². The second-order valence-electron chi connectivity index (χ2n) is 10.0. The first-order chi connectivity index (χ1) is 19.2. The first-order valence-electron chi connectivity index (χ1n) is 13.3. The third kappa shape index (κ3) is 5.63. The van der Waals surface area contributed by atoms with Gasteiger partial charge in [-0.1, -0.05) is 0 Å². The van der Waals surface area contributed by atoms with Gasteiger partial charge in [-0.3, -0.25) is 19.2 Å². The molecule has 0 bridgehead atoms. The van der Waals surface area contributed by atoms with Crippen LogP contribution in [0.2, 0.25) is 0 Å². The lowest BCUT2D eigenvalue weighted by atomic mass is 10.0. The van der Waals surface area contributed by atoms with Crippen molar-refractivity contribution >= 4 is 41.0 Å². The third-order valence-electron chi connectivity index (χ3n) is 7.43. The number of carbonyl (C=O) groups is 4. The summed E-state index contributed by atoms with van der Waals surface area (Å²) in [5, 5.41) is 5.51. The molecule has 3 N–H and O–H groups in total. The van der Waals surface area contributed by atoms with E-state index in [9.17, 15) is 23.6 Å². The summed E-state index contributed by atoms with van der Waals surface area (Å²) in [5.41, 5.74) is 3.09. The zero-order valence-corrected chi connectivity index (χ0v) is 22.5. The number of amides is 4. The van der Waals surface area contributed by atoms with Crippen molar-refractivity contribution in [1.29, 1.82) is 0 Å². The minimum Gasteiger partial charge on any atom is -0.378 e. The van der Waals surface area contributed by atoms with E-state index in [0.717, 1.165) is 0 Å². The number of hydrogen-bond acceptors (Lipinski definition) is 6. The maximum atomic E-state index is 13.9. The molecule has 2 fully saturated rings. The average molecular weight is 554 g/mol. The van der Waals surface area contributed by atoms with Gasteiger partial charge in [0.05, 0.1) is 44.0 Å². The number of aromatic nitrogens is 1. The molecule has 0 radical (unpaired) electrons. The predicted molar refractivity (Wildman–Crippen MR) is 144 cm³/mol. The van der Waals surface area contributed by atoms with Gasteiger partial charge in [-0.25, -0.2) is 4.39 Å². The number of morpholine rings is 2. The summed E-state index contributed by atoms with van der Waals surface area (Å²) >= 11 is 0. The van der Waals surface area contributed by atoms with E-state index in [1.807, 2.05) is 0 Å². The predicted octanol–water partition coefficient (Wildman–Crippen LogP) is 1.47. The molecule has 0 aliphatic carbocycles. The number of anilines is 1. The third-order valence-corrected chi connectivity index (χ3v) is 7.43. The van der Waals surface area contributed by atoms with Crippen molar-refractivity contribution < 1.29 is 33.0 Å². The molecular weight excluding hydrogens is 521 g/mol. The van der Waals surface area contributed by atoms with Crippen molar-refractivity contribution in [2.75, 3.05) is 57.9 Å². The van der Waals surface area contributed by atoms with Crippen LogP contribution in [0.5, 0.6) is 0 Å². The molecule has 40 heavy (non-hydrogen) atoms. The normalized spacial score (nSPS) is 18.9. The summed E-state index contributed by atoms with van der Waals surface area (Å²) in [5.74, 6) is -1.94. The number of halogens is 1. The van der Waals surface area contributed by atoms with Crippen LogP contribution in [-0.4, -0.2) is 97.1 Å². The van der Waals surface area contributed by atoms with Crippen molar-refractivity contribution in [2.24, 2.45) is 0 Å². The lowest BCUT2D eigenvalue weighted by molar-refractivity contribution is -0.143. The Morgan fingerprint density at radius 2 is 1.70 bits per heavy atom. The van der Waals surface area contributed by atoms with Crippen LogP contribution >= 0.6 is 0 Å². The van der Waals surface area contributed by atoms with E-state index in [-0.39, 0.29) is 29.7 Å². The van der Waals surface area contributed by atoms with Crippen LogP contribution in [0.1, 0.15) is 39.3 Å². The average Bonchev–Trinajstić information content (AvgIpc) is 3.42. The lowest BCUT2D eigenvalue weighted by Crippen LogP contribution is -2.54. The molecule has 2 saturated heterocycles. The Morgan fingerprint density at radius 3 is 2.38 bits per heavy atom. The van der Waals surface area contributed by atoms with Crippen molar-refractivity contribution in [3.8, 4) is 0 Å². The molecule has 5 rings (SSSR count). The Balaban J connectivity index is 1.39. The SMILES string of the molecule is Cc1[nH]c(/C=C2\C(=O)Nc3ccc(F)cc32)c(C)c1C(=O)NC(CC(=O)N1CCOCC1)C(=O)N1CCOCC1. The quantitative estimate of drug-likeness (QED) is 0.464. The Morgan fingerprint density at radius 1 is 1.05 bits per heavy atom. The standard InChI is InChI=1S/C28H32FN5O6/c1-16-22(14-20-19-13-18(29)3-4-21(19)31-26(20)36)30-17(2)25(16)27(37)32-23(28(38)34-7-11-40-12-8-34)15-24(35)33-5-9-39-10-6-33/h3-4,13-14,23,30H,5-12,15H2,1-2H3,(H,31,36)(H,32,37)/b20-14-. The molecule has 1 aromatic heterocycles. The number of hydrogen-bond donors (Lipinski definition) is 3. The van der Waals surface area contributed by atoms with E-state index in [4.69, 9.17) is 9.47 Å². The van der Waals surface area contributed by atoms with Gasteiger partial charge < -0.3 is 34.9 Å². The summed E-state index contributed by atoms with van der Waals surface area (Å²) < 4.78 is 24.6. The second-order valence-corrected chi connectivity index (χ2v) is 10.0. The monoisotopic (exact) mass is 553 g/mol. The van der Waals surface area contributed by atoms with Crippen LogP contribution in [-0.2, 0) is 23.9 Å². The molecule has 3 aliphatic rings. The molecule has 1 unspecified atom stereocenters. The van der Waals surface area contributed by atoms with Crippen LogP contribution in [0.4, 0.5) is 10.1 Å². The number of aromatic amines is 1. The zero-order chi connectivity index (χ0) is 28.4. The number of ether oxygens (including phenoxy) is 2. The first kappa shape index (κ1) is 27.5. The summed E-state index contributed by atoms with van der Waals surface area (Å²) in [6.07, 6.45) is 1.40. The number of nitrogens with one attached hydrogen (secondary N) is 3. The highest BCUT2D eigenvalue weighted by atomic mass is 19.1. The Bertz CT molecular complexity index is 1370. The maximum Gasteiger partial charge on any atom is 0.256 e. The second kappa shape index (κ2) is 11.6. The summed E-state index contributed by atoms with van der Waals surface area (Å²) in [6, 6.07) is 2.99. The molecule has 1 aromatic carbocycles. The molecule has 1 atom stereocenters. The molecule has 0 spiro atoms. The van der Waals surface area contributed by atoms with Crippen LogP contribution in [0.15, 0.2) is 18.2 Å². The fourth-order valence-electron chi connectivity index (χ4n) is 5.26. The number of carbonyl (C=O) groups excluding carboxylic acids is 4. The molecular formula is C28H32FN5O6. The van der Waals surface area contributed by atoms with Gasteiger partial charge in [0.25, 0.3) is 11.8 Å². The fourth-order valence-corrected chi connectivity index (χ4v) is 5.26. The van der Waals surface area contributed by atoms with Gasteiger partial charge in [-0.2, -0.15) is 0 Å². The number of rotatable bonds is 6. The minimum absolute atomic E-state index is 0.177. The number of benzene rings is 1. The van der Waals surface area contributed by atoms with Gasteiger partial charge in [0.2, 0.25) is 11.8 Å². The van der Waals surface area contributed by atoms with E-state index >= 15 is 0 Å². The van der Waals surface area contributed by atoms with Gasteiger partial charge in [0.15, 0.2) is 0 Å². The van der Waals surface area contributed by atoms with Crippen molar-refractivity contribution in [2.45, 2.75) is 26.3 Å². The van der Waals surface area contributed by atoms with E-state index in [2.05, 4.69) is 15.6 Å². The molecule has 4 heterocycles. The maximum absolute atomic E-state index is 13.9. The smallest absolute Gasteiger partial charge is 0.256 e. The Labute approximate surface area is 230 Å². The summed E-state index contributed by atoms with van der Waals surface area (Å²) in [4.78, 5) is 59.0. The van der Waals surface area contributed by atoms with E-state index in [1.54, 1.807) is 29.7 Å². The van der Waals surface area contributed by atoms with Gasteiger partial charge in [-0.05, 0) is 43.7 Å². The number of aryl methyl sites for hydroxylation is 1. The Kier molecular flexibility index (Phi) is 7.99. The summed E-state index contributed by atoms with van der Waals surface area (Å²) in [6.45, 7) is 6.68. The van der Waals surface area contributed by atoms with Crippen LogP contribution in [0, 0.1) is 19.7 Å². The van der Waals surface area contributed by atoms with E-state index in [1.165, 1.54) is 18.2 Å². The van der Waals surface area contributed by atoms with Crippen molar-refractivity contribution in [3.05, 3.63) is 52.1 Å². The topological polar surface area (TPSA) is 133 Å². The van der Waals surface area contributed by atoms with Gasteiger partial charge >= 0.3 is 0 Å². The molecule has 3 aliphatic heterocycles. The highest BCUT2D eigenvalue weighted by Crippen LogP contribution is 2.34.